The van der Waals surface area contributed by atoms with Gasteiger partial charge < -0.3 is 15.3 Å². The van der Waals surface area contributed by atoms with Crippen LogP contribution in [0.5, 0.6) is 11.5 Å². The number of benzene rings is 3. The molecule has 54 heavy (non-hydrogen) atoms. The largest absolute Gasteiger partial charge is 0.507 e. The minimum atomic E-state index is -0.844. The fourth-order valence-corrected chi connectivity index (χ4v) is 6.97. The first-order valence-electron chi connectivity index (χ1n) is 18.7. The summed E-state index contributed by atoms with van der Waals surface area (Å²) in [7, 11) is 0. The number of thioether (sulfide) groups is 1. The molecule has 1 aliphatic rings. The summed E-state index contributed by atoms with van der Waals surface area (Å²) in [6, 6.07) is 17.9. The summed E-state index contributed by atoms with van der Waals surface area (Å²) < 4.78 is 0.628. The zero-order valence-corrected chi connectivity index (χ0v) is 37.0. The number of aliphatic imine (C=N–C) groups is 2. The number of carbonyl (C=O) groups is 1. The molecule has 1 aliphatic carbocycles. The van der Waals surface area contributed by atoms with Gasteiger partial charge in [-0.2, -0.15) is 0 Å². The van der Waals surface area contributed by atoms with E-state index in [2.05, 4.69) is 107 Å². The number of phenols is 2. The zero-order chi connectivity index (χ0) is 39.9. The van der Waals surface area contributed by atoms with Crippen LogP contribution < -0.4 is 0 Å². The molecule has 1 saturated carbocycles. The second kappa shape index (κ2) is 19.2. The van der Waals surface area contributed by atoms with Crippen LogP contribution in [0.1, 0.15) is 148 Å². The predicted molar refractivity (Wildman–Crippen MR) is 230 cm³/mol. The van der Waals surface area contributed by atoms with Crippen molar-refractivity contribution in [2.24, 2.45) is 9.98 Å². The Morgan fingerprint density at radius 2 is 1.09 bits per heavy atom. The van der Waals surface area contributed by atoms with E-state index < -0.39 is 5.97 Å². The third-order valence-electron chi connectivity index (χ3n) is 9.47. The number of aromatic hydroxyl groups is 2. The van der Waals surface area contributed by atoms with Crippen LogP contribution in [0.2, 0.25) is 0 Å². The molecular weight excluding hydrogens is 756 g/mol. The summed E-state index contributed by atoms with van der Waals surface area (Å²) in [4.78, 5) is 20.3. The third-order valence-corrected chi connectivity index (χ3v) is 10.9. The maximum absolute atomic E-state index is 11.2. The van der Waals surface area contributed by atoms with Crippen molar-refractivity contribution in [1.29, 1.82) is 0 Å². The van der Waals surface area contributed by atoms with Crippen LogP contribution in [0.4, 0.5) is 0 Å². The van der Waals surface area contributed by atoms with E-state index in [1.54, 1.807) is 0 Å². The number of nitrogens with zero attached hydrogens (tertiary/aromatic N) is 2. The van der Waals surface area contributed by atoms with Crippen LogP contribution in [0, 0.1) is 0 Å². The molecule has 0 heterocycles. The van der Waals surface area contributed by atoms with Crippen molar-refractivity contribution >= 4 is 46.6 Å². The van der Waals surface area contributed by atoms with Crippen LogP contribution in [0.15, 0.2) is 64.6 Å². The van der Waals surface area contributed by atoms with E-state index in [9.17, 15) is 15.0 Å². The second-order valence-electron chi connectivity index (χ2n) is 18.2. The molecule has 1 radical (unpaired) electrons. The molecule has 1 fully saturated rings. The molecule has 6 nitrogen and oxygen atoms in total. The quantitative estimate of drug-likeness (QED) is 0.162. The number of carboxylic acids is 1. The predicted octanol–water partition coefficient (Wildman–Crippen LogP) is 11.3. The Hall–Kier alpha value is -2.98. The second-order valence-corrected chi connectivity index (χ2v) is 19.9. The molecule has 0 spiro atoms. The number of rotatable bonds is 7. The normalized spacial score (nSPS) is 16.8. The molecule has 0 bridgehead atoms. The number of hydrogen-bond acceptors (Lipinski definition) is 7. The third kappa shape index (κ3) is 13.6. The molecule has 0 aliphatic heterocycles. The smallest absolute Gasteiger partial charge is 0.313 e. The van der Waals surface area contributed by atoms with Crippen LogP contribution >= 0.6 is 24.0 Å². The van der Waals surface area contributed by atoms with Gasteiger partial charge >= 0.3 is 5.97 Å². The zero-order valence-electron chi connectivity index (χ0n) is 34.3. The van der Waals surface area contributed by atoms with E-state index in [1.807, 2.05) is 42.8 Å². The number of hydrogen-bond donors (Lipinski definition) is 3. The first-order chi connectivity index (χ1) is 24.4. The van der Waals surface area contributed by atoms with E-state index in [4.69, 9.17) is 27.3 Å². The first-order valence-corrected chi connectivity index (χ1v) is 20.0. The standard InChI is InChI=1S/C36H54N2O2.C9H8O2S2.Co/c1-33(2,3)25-17-23(31(39)27(19-25)35(7,8)9)21-37-29-15-13-14-16-30(29)38-22-24-18-26(34(4,5)6)20-28(32(24)40)36(10,11)12;10-8(11)6-13-9(12)7-4-2-1-3-5-7;/h17-22,29-30,39-40H,13-16H2,1-12H3;1-5H,6H2,(H,10,11);. The van der Waals surface area contributed by atoms with E-state index in [-0.39, 0.29) is 56.3 Å². The number of carboxylic acid groups (broad SMARTS) is 1. The molecule has 3 N–H and O–H groups in total. The fraction of sp³-hybridized carbons (Fsp3) is 0.511. The van der Waals surface area contributed by atoms with Gasteiger partial charge in [0.25, 0.3) is 0 Å². The molecular formula is C45H62CoN2O4S2. The molecule has 297 valence electrons. The van der Waals surface area contributed by atoms with Gasteiger partial charge in [-0.3, -0.25) is 14.8 Å². The van der Waals surface area contributed by atoms with Crippen molar-refractivity contribution in [3.05, 3.63) is 93.5 Å². The SMILES string of the molecule is CC(C)(C)c1cc(C=NC2CCCCC2N=Cc2cc(C(C)(C)C)cc(C(C)(C)C)c2O)c(O)c(C(C)(C)C)c1.O=C(O)CSC(=S)c1ccccc1.[Co]. The van der Waals surface area contributed by atoms with Gasteiger partial charge in [0.05, 0.1) is 22.0 Å². The van der Waals surface area contributed by atoms with Crippen molar-refractivity contribution in [3.8, 4) is 11.5 Å². The van der Waals surface area contributed by atoms with Crippen LogP contribution in [0.25, 0.3) is 0 Å². The van der Waals surface area contributed by atoms with Crippen LogP contribution in [-0.2, 0) is 43.2 Å². The van der Waals surface area contributed by atoms with E-state index in [1.165, 1.54) is 22.9 Å². The summed E-state index contributed by atoms with van der Waals surface area (Å²) in [5.74, 6) is -0.186. The molecule has 0 saturated heterocycles. The molecule has 0 aromatic heterocycles. The molecule has 0 amide bonds. The Labute approximate surface area is 345 Å². The minimum absolute atomic E-state index is 0. The molecule has 9 heteroatoms. The van der Waals surface area contributed by atoms with Gasteiger partial charge in [0.15, 0.2) is 0 Å². The van der Waals surface area contributed by atoms with Crippen molar-refractivity contribution < 1.29 is 36.9 Å². The van der Waals surface area contributed by atoms with Crippen LogP contribution in [-0.4, -0.2) is 55.8 Å². The summed E-state index contributed by atoms with van der Waals surface area (Å²) in [6.45, 7) is 26.0. The van der Waals surface area contributed by atoms with Crippen molar-refractivity contribution in [2.45, 2.75) is 143 Å². The van der Waals surface area contributed by atoms with Gasteiger partial charge in [0, 0.05) is 51.5 Å². The Morgan fingerprint density at radius 3 is 1.43 bits per heavy atom. The van der Waals surface area contributed by atoms with Gasteiger partial charge in [-0.25, -0.2) is 0 Å². The Morgan fingerprint density at radius 1 is 0.704 bits per heavy atom. The van der Waals surface area contributed by atoms with Gasteiger partial charge in [0.2, 0.25) is 0 Å². The molecule has 3 aromatic carbocycles. The average molecular weight is 818 g/mol. The Kier molecular flexibility index (Phi) is 16.8. The molecule has 3 aromatic rings. The summed E-state index contributed by atoms with van der Waals surface area (Å²) in [6.07, 6.45) is 7.90. The summed E-state index contributed by atoms with van der Waals surface area (Å²) in [5.41, 5.74) is 6.30. The maximum atomic E-state index is 11.2. The van der Waals surface area contributed by atoms with E-state index in [0.717, 1.165) is 53.5 Å². The monoisotopic (exact) mass is 817 g/mol. The molecule has 2 atom stereocenters. The van der Waals surface area contributed by atoms with Crippen molar-refractivity contribution in [2.75, 3.05) is 5.75 Å². The van der Waals surface area contributed by atoms with Crippen molar-refractivity contribution in [3.63, 3.8) is 0 Å². The number of thiocarbonyl (C=S) groups is 1. The van der Waals surface area contributed by atoms with E-state index in [0.29, 0.717) is 15.7 Å². The maximum Gasteiger partial charge on any atom is 0.313 e. The van der Waals surface area contributed by atoms with Gasteiger partial charge in [-0.05, 0) is 63.3 Å². The minimum Gasteiger partial charge on any atom is -0.507 e. The number of aliphatic carboxylic acids is 1. The summed E-state index contributed by atoms with van der Waals surface area (Å²) in [5, 5.41) is 30.9. The van der Waals surface area contributed by atoms with Gasteiger partial charge in [-0.15, -0.1) is 11.8 Å². The Bertz CT molecular complexity index is 1690. The van der Waals surface area contributed by atoms with E-state index >= 15 is 0 Å². The molecule has 4 rings (SSSR count). The summed E-state index contributed by atoms with van der Waals surface area (Å²) >= 11 is 6.21. The first kappa shape index (κ1) is 47.2. The average Bonchev–Trinajstić information content (AvgIpc) is 3.05. The van der Waals surface area contributed by atoms with Crippen molar-refractivity contribution in [1.82, 2.24) is 0 Å². The molecule has 2 unspecified atom stereocenters. The topological polar surface area (TPSA) is 102 Å². The van der Waals surface area contributed by atoms with Gasteiger partial charge in [0.1, 0.15) is 11.5 Å². The van der Waals surface area contributed by atoms with Crippen LogP contribution in [0.3, 0.4) is 0 Å². The Balaban J connectivity index is 0.000000608. The number of phenolic OH excluding ortho intramolecular Hbond substituents is 2. The fourth-order valence-electron chi connectivity index (χ4n) is 6.10. The van der Waals surface area contributed by atoms with Gasteiger partial charge in [-0.1, -0.05) is 151 Å².